The molecule has 1 heterocycles. The van der Waals surface area contributed by atoms with Gasteiger partial charge in [0.25, 0.3) is 0 Å². The van der Waals surface area contributed by atoms with Crippen molar-refractivity contribution in [3.05, 3.63) is 59.4 Å². The maximum atomic E-state index is 13.0. The highest BCUT2D eigenvalue weighted by Gasteiger charge is 2.25. The van der Waals surface area contributed by atoms with Gasteiger partial charge in [0.1, 0.15) is 11.6 Å². The lowest BCUT2D eigenvalue weighted by molar-refractivity contribution is 0.343. The molecule has 1 aromatic heterocycles. The Hall–Kier alpha value is -2.05. The third-order valence-electron chi connectivity index (χ3n) is 4.87. The van der Waals surface area contributed by atoms with Gasteiger partial charge >= 0.3 is 0 Å². The minimum absolute atomic E-state index is 0.265. The van der Waals surface area contributed by atoms with Crippen molar-refractivity contribution in [2.75, 3.05) is 12.4 Å². The van der Waals surface area contributed by atoms with Crippen LogP contribution in [0, 0.1) is 5.82 Å². The lowest BCUT2D eigenvalue weighted by atomic mass is 10.2. The van der Waals surface area contributed by atoms with E-state index in [2.05, 4.69) is 14.8 Å². The van der Waals surface area contributed by atoms with Crippen LogP contribution in [0.15, 0.2) is 53.7 Å². The van der Waals surface area contributed by atoms with Crippen LogP contribution in [0.3, 0.4) is 0 Å². The summed E-state index contributed by atoms with van der Waals surface area (Å²) in [7, 11) is 0. The van der Waals surface area contributed by atoms with Crippen LogP contribution in [0.4, 0.5) is 4.39 Å². The first-order valence-corrected chi connectivity index (χ1v) is 10.8. The van der Waals surface area contributed by atoms with Crippen LogP contribution < -0.4 is 4.74 Å². The summed E-state index contributed by atoms with van der Waals surface area (Å²) < 4.78 is 20.9. The van der Waals surface area contributed by atoms with Crippen molar-refractivity contribution in [3.8, 4) is 17.1 Å². The van der Waals surface area contributed by atoms with E-state index in [1.54, 1.807) is 23.9 Å². The molecular formula is C21H21ClFN3OS. The van der Waals surface area contributed by atoms with Crippen molar-refractivity contribution in [1.82, 2.24) is 14.8 Å². The van der Waals surface area contributed by atoms with Gasteiger partial charge in [-0.05, 0) is 49.2 Å². The summed E-state index contributed by atoms with van der Waals surface area (Å²) in [6.07, 6.45) is 4.72. The van der Waals surface area contributed by atoms with E-state index < -0.39 is 0 Å². The molecule has 0 spiro atoms. The lowest BCUT2D eigenvalue weighted by Crippen LogP contribution is -2.09. The molecule has 4 rings (SSSR count). The van der Waals surface area contributed by atoms with Crippen LogP contribution in [-0.2, 0) is 0 Å². The smallest absolute Gasteiger partial charge is 0.191 e. The Kier molecular flexibility index (Phi) is 6.17. The van der Waals surface area contributed by atoms with Gasteiger partial charge in [0.15, 0.2) is 11.0 Å². The molecule has 2 aromatic carbocycles. The summed E-state index contributed by atoms with van der Waals surface area (Å²) in [5.74, 6) is 1.96. The molecule has 0 amide bonds. The van der Waals surface area contributed by atoms with Crippen molar-refractivity contribution < 1.29 is 9.13 Å². The summed E-state index contributed by atoms with van der Waals surface area (Å²) in [6.45, 7) is 0.509. The first-order chi connectivity index (χ1) is 13.7. The normalized spacial score (nSPS) is 14.5. The summed E-state index contributed by atoms with van der Waals surface area (Å²) in [5.41, 5.74) is 0.915. The van der Waals surface area contributed by atoms with Crippen LogP contribution >= 0.6 is 23.4 Å². The molecule has 0 bridgehead atoms. The van der Waals surface area contributed by atoms with E-state index in [4.69, 9.17) is 16.3 Å². The topological polar surface area (TPSA) is 39.9 Å². The maximum Gasteiger partial charge on any atom is 0.191 e. The molecule has 0 saturated heterocycles. The van der Waals surface area contributed by atoms with Crippen LogP contribution in [0.25, 0.3) is 11.4 Å². The highest BCUT2D eigenvalue weighted by molar-refractivity contribution is 7.99. The molecule has 0 radical (unpaired) electrons. The number of aromatic nitrogens is 3. The molecule has 0 unspecified atom stereocenters. The Balaban J connectivity index is 1.49. The maximum absolute atomic E-state index is 13.0. The van der Waals surface area contributed by atoms with Gasteiger partial charge < -0.3 is 4.74 Å². The molecule has 0 atom stereocenters. The van der Waals surface area contributed by atoms with Crippen LogP contribution in [-0.4, -0.2) is 27.1 Å². The Morgan fingerprint density at radius 3 is 2.57 bits per heavy atom. The van der Waals surface area contributed by atoms with Crippen LogP contribution in [0.2, 0.25) is 5.02 Å². The average molecular weight is 418 g/mol. The molecule has 28 heavy (non-hydrogen) atoms. The SMILES string of the molecule is Fc1ccc(OCCSc2nnc(-c3ccccc3Cl)n2C2CCCC2)cc1. The average Bonchev–Trinajstić information content (AvgIpc) is 3.36. The summed E-state index contributed by atoms with van der Waals surface area (Å²) in [6, 6.07) is 14.2. The van der Waals surface area contributed by atoms with Gasteiger partial charge in [0.2, 0.25) is 0 Å². The minimum Gasteiger partial charge on any atom is -0.493 e. The number of halogens is 2. The van der Waals surface area contributed by atoms with Gasteiger partial charge in [-0.3, -0.25) is 4.57 Å². The summed E-state index contributed by atoms with van der Waals surface area (Å²) >= 11 is 8.04. The van der Waals surface area contributed by atoms with Gasteiger partial charge in [-0.1, -0.05) is 48.3 Å². The van der Waals surface area contributed by atoms with Crippen molar-refractivity contribution in [3.63, 3.8) is 0 Å². The van der Waals surface area contributed by atoms with E-state index in [1.165, 1.54) is 25.0 Å². The van der Waals surface area contributed by atoms with E-state index in [-0.39, 0.29) is 5.82 Å². The van der Waals surface area contributed by atoms with E-state index in [0.717, 1.165) is 35.1 Å². The number of hydrogen-bond donors (Lipinski definition) is 0. The van der Waals surface area contributed by atoms with Crippen molar-refractivity contribution >= 4 is 23.4 Å². The number of thioether (sulfide) groups is 1. The van der Waals surface area contributed by atoms with E-state index in [0.29, 0.717) is 23.4 Å². The van der Waals surface area contributed by atoms with Crippen molar-refractivity contribution in [2.45, 2.75) is 36.9 Å². The Morgan fingerprint density at radius 2 is 1.82 bits per heavy atom. The van der Waals surface area contributed by atoms with Gasteiger partial charge in [0.05, 0.1) is 11.6 Å². The lowest BCUT2D eigenvalue weighted by Gasteiger charge is -2.17. The molecule has 4 nitrogen and oxygen atoms in total. The van der Waals surface area contributed by atoms with Gasteiger partial charge in [0, 0.05) is 17.4 Å². The number of ether oxygens (including phenoxy) is 1. The molecule has 0 N–H and O–H groups in total. The minimum atomic E-state index is -0.265. The summed E-state index contributed by atoms with van der Waals surface area (Å²) in [5, 5.41) is 10.5. The van der Waals surface area contributed by atoms with Crippen LogP contribution in [0.1, 0.15) is 31.7 Å². The second kappa shape index (κ2) is 8.97. The molecule has 1 aliphatic carbocycles. The molecule has 1 fully saturated rings. The number of rotatable bonds is 7. The third kappa shape index (κ3) is 4.33. The molecule has 146 valence electrons. The third-order valence-corrected chi connectivity index (χ3v) is 6.10. The predicted octanol–water partition coefficient (Wildman–Crippen LogP) is 6.02. The van der Waals surface area contributed by atoms with Gasteiger partial charge in [-0.2, -0.15) is 0 Å². The number of benzene rings is 2. The quantitative estimate of drug-likeness (QED) is 0.348. The van der Waals surface area contributed by atoms with Crippen LogP contribution in [0.5, 0.6) is 5.75 Å². The largest absolute Gasteiger partial charge is 0.493 e. The van der Waals surface area contributed by atoms with Crippen molar-refractivity contribution in [2.24, 2.45) is 0 Å². The fourth-order valence-corrected chi connectivity index (χ4v) is 4.56. The fourth-order valence-electron chi connectivity index (χ4n) is 3.52. The van der Waals surface area contributed by atoms with E-state index in [9.17, 15) is 4.39 Å². The monoisotopic (exact) mass is 417 g/mol. The molecule has 0 aliphatic heterocycles. The Bertz CT molecular complexity index is 926. The Morgan fingerprint density at radius 1 is 1.07 bits per heavy atom. The Labute approximate surface area is 173 Å². The highest BCUT2D eigenvalue weighted by atomic mass is 35.5. The van der Waals surface area contributed by atoms with E-state index in [1.807, 2.05) is 24.3 Å². The molecule has 3 aromatic rings. The zero-order valence-corrected chi connectivity index (χ0v) is 16.9. The number of hydrogen-bond acceptors (Lipinski definition) is 4. The molecule has 1 saturated carbocycles. The highest BCUT2D eigenvalue weighted by Crippen LogP contribution is 2.38. The van der Waals surface area contributed by atoms with E-state index >= 15 is 0 Å². The summed E-state index contributed by atoms with van der Waals surface area (Å²) in [4.78, 5) is 0. The molecular weight excluding hydrogens is 397 g/mol. The zero-order chi connectivity index (χ0) is 19.3. The second-order valence-electron chi connectivity index (χ2n) is 6.75. The van der Waals surface area contributed by atoms with Gasteiger partial charge in [-0.15, -0.1) is 10.2 Å². The fraction of sp³-hybridized carbons (Fsp3) is 0.333. The number of nitrogens with zero attached hydrogens (tertiary/aromatic N) is 3. The first-order valence-electron chi connectivity index (χ1n) is 9.43. The first kappa shape index (κ1) is 19.3. The second-order valence-corrected chi connectivity index (χ2v) is 8.21. The standard InChI is InChI=1S/C21H21ClFN3OS/c22-19-8-4-3-7-18(19)20-24-25-21(26(20)16-5-1-2-6-16)28-14-13-27-17-11-9-15(23)10-12-17/h3-4,7-12,16H,1-2,5-6,13-14H2. The predicted molar refractivity (Wildman–Crippen MR) is 111 cm³/mol. The van der Waals surface area contributed by atoms with Crippen molar-refractivity contribution in [1.29, 1.82) is 0 Å². The van der Waals surface area contributed by atoms with Gasteiger partial charge in [-0.25, -0.2) is 4.39 Å². The zero-order valence-electron chi connectivity index (χ0n) is 15.4. The molecule has 1 aliphatic rings. The molecule has 7 heteroatoms.